The number of carbonyl (C=O) groups is 1. The van der Waals surface area contributed by atoms with Gasteiger partial charge >= 0.3 is 0 Å². The lowest BCUT2D eigenvalue weighted by atomic mass is 9.75. The van der Waals surface area contributed by atoms with Crippen molar-refractivity contribution in [1.82, 2.24) is 15.5 Å². The van der Waals surface area contributed by atoms with Crippen LogP contribution >= 0.6 is 0 Å². The van der Waals surface area contributed by atoms with E-state index < -0.39 is 0 Å². The second kappa shape index (κ2) is 4.63. The average Bonchev–Trinajstić information content (AvgIpc) is 2.62. The highest BCUT2D eigenvalue weighted by Crippen LogP contribution is 2.35. The van der Waals surface area contributed by atoms with Crippen LogP contribution in [-0.2, 0) is 0 Å². The van der Waals surface area contributed by atoms with Crippen molar-refractivity contribution >= 4 is 11.7 Å². The van der Waals surface area contributed by atoms with Gasteiger partial charge in [-0.3, -0.25) is 9.89 Å². The molecular formula is C13H22N4O. The minimum atomic E-state index is -0.108. The number of hydrogen-bond donors (Lipinski definition) is 3. The first-order valence-electron chi connectivity index (χ1n) is 6.50. The van der Waals surface area contributed by atoms with Crippen LogP contribution in [0.4, 0.5) is 5.82 Å². The quantitative estimate of drug-likeness (QED) is 0.750. The molecule has 5 nitrogen and oxygen atoms in total. The SMILES string of the molecule is Cc1[nH]nc(N)c1C(=O)NC1CCC(C)(C)CC1. The number of aromatic amines is 1. The van der Waals surface area contributed by atoms with Gasteiger partial charge < -0.3 is 11.1 Å². The van der Waals surface area contributed by atoms with Gasteiger partial charge in [0.15, 0.2) is 5.82 Å². The number of H-pyrrole nitrogens is 1. The molecule has 0 aromatic carbocycles. The Labute approximate surface area is 108 Å². The third-order valence-electron chi connectivity index (χ3n) is 3.88. The van der Waals surface area contributed by atoms with Crippen LogP contribution in [0.3, 0.4) is 0 Å². The summed E-state index contributed by atoms with van der Waals surface area (Å²) in [6.07, 6.45) is 4.38. The number of nitrogens with one attached hydrogen (secondary N) is 2. The molecule has 1 aromatic heterocycles. The van der Waals surface area contributed by atoms with Crippen LogP contribution < -0.4 is 11.1 Å². The molecule has 1 saturated carbocycles. The number of carbonyl (C=O) groups excluding carboxylic acids is 1. The summed E-state index contributed by atoms with van der Waals surface area (Å²) >= 11 is 0. The topological polar surface area (TPSA) is 83.8 Å². The highest BCUT2D eigenvalue weighted by molar-refractivity contribution is 5.99. The van der Waals surface area contributed by atoms with Gasteiger partial charge in [-0.1, -0.05) is 13.8 Å². The summed E-state index contributed by atoms with van der Waals surface area (Å²) in [6.45, 7) is 6.37. The van der Waals surface area contributed by atoms with Crippen LogP contribution in [0, 0.1) is 12.3 Å². The Balaban J connectivity index is 1.97. The molecule has 1 fully saturated rings. The molecule has 0 spiro atoms. The van der Waals surface area contributed by atoms with Gasteiger partial charge in [0.05, 0.1) is 0 Å². The Hall–Kier alpha value is -1.52. The number of amides is 1. The predicted molar refractivity (Wildman–Crippen MR) is 71.2 cm³/mol. The van der Waals surface area contributed by atoms with Crippen LogP contribution in [0.15, 0.2) is 0 Å². The lowest BCUT2D eigenvalue weighted by molar-refractivity contribution is 0.0909. The fraction of sp³-hybridized carbons (Fsp3) is 0.692. The van der Waals surface area contributed by atoms with E-state index in [0.717, 1.165) is 31.4 Å². The van der Waals surface area contributed by atoms with Crippen molar-refractivity contribution in [3.05, 3.63) is 11.3 Å². The van der Waals surface area contributed by atoms with Gasteiger partial charge in [0.2, 0.25) is 0 Å². The molecule has 1 aliphatic carbocycles. The lowest BCUT2D eigenvalue weighted by Gasteiger charge is -2.34. The zero-order valence-electron chi connectivity index (χ0n) is 11.3. The molecule has 0 bridgehead atoms. The normalized spacial score (nSPS) is 19.7. The smallest absolute Gasteiger partial charge is 0.257 e. The molecule has 0 unspecified atom stereocenters. The van der Waals surface area contributed by atoms with E-state index in [9.17, 15) is 4.79 Å². The summed E-state index contributed by atoms with van der Waals surface area (Å²) in [6, 6.07) is 0.263. The standard InChI is InChI=1S/C13H22N4O/c1-8-10(11(14)17-16-8)12(18)15-9-4-6-13(2,3)7-5-9/h9H,4-7H2,1-3H3,(H,15,18)(H3,14,16,17). The Kier molecular flexibility index (Phi) is 3.32. The van der Waals surface area contributed by atoms with E-state index in [0.29, 0.717) is 11.0 Å². The molecule has 1 aromatic rings. The number of anilines is 1. The molecule has 1 amide bonds. The number of nitrogens with two attached hydrogens (primary N) is 1. The van der Waals surface area contributed by atoms with Gasteiger partial charge in [-0.25, -0.2) is 0 Å². The van der Waals surface area contributed by atoms with Crippen LogP contribution in [0.25, 0.3) is 0 Å². The number of nitrogens with zero attached hydrogens (tertiary/aromatic N) is 1. The summed E-state index contributed by atoms with van der Waals surface area (Å²) < 4.78 is 0. The molecule has 1 aliphatic rings. The predicted octanol–water partition coefficient (Wildman–Crippen LogP) is 2.00. The van der Waals surface area contributed by atoms with Crippen molar-refractivity contribution in [3.63, 3.8) is 0 Å². The summed E-state index contributed by atoms with van der Waals surface area (Å²) in [5, 5.41) is 9.64. The highest BCUT2D eigenvalue weighted by atomic mass is 16.1. The van der Waals surface area contributed by atoms with Gasteiger partial charge in [-0.15, -0.1) is 0 Å². The number of aryl methyl sites for hydroxylation is 1. The van der Waals surface area contributed by atoms with Gasteiger partial charge in [0.25, 0.3) is 5.91 Å². The molecule has 5 heteroatoms. The summed E-state index contributed by atoms with van der Waals surface area (Å²) in [4.78, 5) is 12.1. The van der Waals surface area contributed by atoms with Crippen molar-refractivity contribution in [2.45, 2.75) is 52.5 Å². The molecule has 0 saturated heterocycles. The number of aromatic nitrogens is 2. The fourth-order valence-corrected chi connectivity index (χ4v) is 2.54. The van der Waals surface area contributed by atoms with Crippen LogP contribution in [0.1, 0.15) is 55.6 Å². The van der Waals surface area contributed by atoms with Gasteiger partial charge in [0, 0.05) is 11.7 Å². The molecule has 0 aliphatic heterocycles. The number of nitrogen functional groups attached to an aromatic ring is 1. The maximum atomic E-state index is 12.1. The zero-order chi connectivity index (χ0) is 13.3. The fourth-order valence-electron chi connectivity index (χ4n) is 2.54. The first-order valence-corrected chi connectivity index (χ1v) is 6.50. The van der Waals surface area contributed by atoms with Crippen molar-refractivity contribution in [3.8, 4) is 0 Å². The van der Waals surface area contributed by atoms with Crippen molar-refractivity contribution in [2.24, 2.45) is 5.41 Å². The minimum absolute atomic E-state index is 0.108. The van der Waals surface area contributed by atoms with Gasteiger partial charge in [-0.2, -0.15) is 5.10 Å². The summed E-state index contributed by atoms with van der Waals surface area (Å²) in [5.74, 6) is 0.171. The number of rotatable bonds is 2. The maximum absolute atomic E-state index is 12.1. The monoisotopic (exact) mass is 250 g/mol. The first-order chi connectivity index (χ1) is 8.39. The third kappa shape index (κ3) is 2.66. The van der Waals surface area contributed by atoms with E-state index in [4.69, 9.17) is 5.73 Å². The van der Waals surface area contributed by atoms with Crippen LogP contribution in [0.5, 0.6) is 0 Å². The average molecular weight is 250 g/mol. The van der Waals surface area contributed by atoms with Crippen LogP contribution in [-0.4, -0.2) is 22.1 Å². The second-order valence-electron chi connectivity index (χ2n) is 6.02. The van der Waals surface area contributed by atoms with E-state index in [1.165, 1.54) is 0 Å². The molecule has 0 radical (unpaired) electrons. The Morgan fingerprint density at radius 1 is 1.44 bits per heavy atom. The molecule has 2 rings (SSSR count). The number of hydrogen-bond acceptors (Lipinski definition) is 3. The van der Waals surface area contributed by atoms with Crippen molar-refractivity contribution in [1.29, 1.82) is 0 Å². The molecule has 1 heterocycles. The van der Waals surface area contributed by atoms with E-state index in [2.05, 4.69) is 29.4 Å². The highest BCUT2D eigenvalue weighted by Gasteiger charge is 2.28. The Morgan fingerprint density at radius 2 is 2.06 bits per heavy atom. The molecule has 0 atom stereocenters. The second-order valence-corrected chi connectivity index (χ2v) is 6.02. The molecule has 18 heavy (non-hydrogen) atoms. The minimum Gasteiger partial charge on any atom is -0.382 e. The maximum Gasteiger partial charge on any atom is 0.257 e. The largest absolute Gasteiger partial charge is 0.382 e. The van der Waals surface area contributed by atoms with E-state index >= 15 is 0 Å². The van der Waals surface area contributed by atoms with Crippen molar-refractivity contribution < 1.29 is 4.79 Å². The van der Waals surface area contributed by atoms with Crippen molar-refractivity contribution in [2.75, 3.05) is 5.73 Å². The summed E-state index contributed by atoms with van der Waals surface area (Å²) in [7, 11) is 0. The molecular weight excluding hydrogens is 228 g/mol. The lowest BCUT2D eigenvalue weighted by Crippen LogP contribution is -2.39. The van der Waals surface area contributed by atoms with Crippen LogP contribution in [0.2, 0.25) is 0 Å². The van der Waals surface area contributed by atoms with E-state index in [1.807, 2.05) is 6.92 Å². The van der Waals surface area contributed by atoms with Gasteiger partial charge in [0.1, 0.15) is 5.56 Å². The third-order valence-corrected chi connectivity index (χ3v) is 3.88. The molecule has 4 N–H and O–H groups in total. The Morgan fingerprint density at radius 3 is 2.56 bits per heavy atom. The Bertz CT molecular complexity index is 420. The van der Waals surface area contributed by atoms with E-state index in [1.54, 1.807) is 0 Å². The molecule has 100 valence electrons. The first kappa shape index (κ1) is 12.9. The van der Waals surface area contributed by atoms with E-state index in [-0.39, 0.29) is 17.8 Å². The zero-order valence-corrected chi connectivity index (χ0v) is 11.3. The van der Waals surface area contributed by atoms with Gasteiger partial charge in [-0.05, 0) is 38.0 Å². The summed E-state index contributed by atoms with van der Waals surface area (Å²) in [5.41, 5.74) is 7.31.